The highest BCUT2D eigenvalue weighted by atomic mass is 32.2. The van der Waals surface area contributed by atoms with Crippen molar-refractivity contribution < 1.29 is 27.2 Å². The molecule has 1 N–H and O–H groups in total. The van der Waals surface area contributed by atoms with Gasteiger partial charge in [-0.3, -0.25) is 4.57 Å². The number of nitrogens with zero attached hydrogens (tertiary/aromatic N) is 3. The number of ether oxygens (including phenoxy) is 1. The average molecular weight is 510 g/mol. The average Bonchev–Trinajstić information content (AvgIpc) is 3.35. The Balaban J connectivity index is 1.84. The Hall–Kier alpha value is -3.96. The zero-order chi connectivity index (χ0) is 25.8. The molecule has 10 nitrogen and oxygen atoms in total. The first-order valence-electron chi connectivity index (χ1n) is 11.0. The number of sulfone groups is 1. The van der Waals surface area contributed by atoms with Gasteiger partial charge >= 0.3 is 5.76 Å². The second-order valence-corrected chi connectivity index (χ2v) is 10.5. The molecule has 3 heterocycles. The van der Waals surface area contributed by atoms with Gasteiger partial charge in [0, 0.05) is 17.2 Å². The first kappa shape index (κ1) is 23.8. The Morgan fingerprint density at radius 3 is 2.56 bits per heavy atom. The van der Waals surface area contributed by atoms with E-state index in [4.69, 9.17) is 13.7 Å². The van der Waals surface area contributed by atoms with Crippen molar-refractivity contribution in [2.24, 2.45) is 0 Å². The molecule has 0 aliphatic heterocycles. The van der Waals surface area contributed by atoms with Crippen LogP contribution in [0.4, 0.5) is 0 Å². The van der Waals surface area contributed by atoms with Gasteiger partial charge in [-0.25, -0.2) is 18.2 Å². The van der Waals surface area contributed by atoms with E-state index in [1.54, 1.807) is 37.3 Å². The van der Waals surface area contributed by atoms with E-state index in [0.717, 1.165) is 11.8 Å². The van der Waals surface area contributed by atoms with Crippen LogP contribution in [0.1, 0.15) is 22.7 Å². The van der Waals surface area contributed by atoms with Crippen LogP contribution in [0.3, 0.4) is 0 Å². The Bertz CT molecular complexity index is 1790. The number of aliphatic hydroxyl groups excluding tert-OH is 1. The van der Waals surface area contributed by atoms with Crippen molar-refractivity contribution in [2.45, 2.75) is 31.9 Å². The van der Waals surface area contributed by atoms with Gasteiger partial charge < -0.3 is 18.8 Å². The molecule has 2 aromatic carbocycles. The molecule has 0 amide bonds. The number of aryl methyl sites for hydroxylation is 2. The first-order chi connectivity index (χ1) is 17.1. The normalized spacial score (nSPS) is 12.0. The number of fused-ring (bicyclic) bond motifs is 3. The quantitative estimate of drug-likeness (QED) is 0.365. The highest BCUT2D eigenvalue weighted by Gasteiger charge is 2.23. The van der Waals surface area contributed by atoms with Crippen molar-refractivity contribution >= 4 is 31.8 Å². The van der Waals surface area contributed by atoms with E-state index in [9.17, 15) is 18.3 Å². The van der Waals surface area contributed by atoms with Crippen LogP contribution in [0.5, 0.6) is 5.75 Å². The van der Waals surface area contributed by atoms with Crippen molar-refractivity contribution in [1.29, 1.82) is 0 Å². The summed E-state index contributed by atoms with van der Waals surface area (Å²) in [7, 11) is -2.01. The van der Waals surface area contributed by atoms with Crippen molar-refractivity contribution in [2.75, 3.05) is 13.4 Å². The summed E-state index contributed by atoms with van der Waals surface area (Å²) in [5.74, 6) is 0.394. The lowest BCUT2D eigenvalue weighted by Gasteiger charge is -2.13. The molecule has 0 aliphatic carbocycles. The van der Waals surface area contributed by atoms with Gasteiger partial charge in [0.15, 0.2) is 15.4 Å². The molecule has 0 saturated heterocycles. The fraction of sp³-hybridized carbons (Fsp3) is 0.240. The number of rotatable bonds is 6. The summed E-state index contributed by atoms with van der Waals surface area (Å²) in [5.41, 5.74) is 3.71. The van der Waals surface area contributed by atoms with Crippen LogP contribution in [0.15, 0.2) is 55.0 Å². The molecule has 0 aliphatic rings. The van der Waals surface area contributed by atoms with E-state index in [1.807, 2.05) is 6.92 Å². The molecule has 0 radical (unpaired) electrons. The Morgan fingerprint density at radius 2 is 1.92 bits per heavy atom. The van der Waals surface area contributed by atoms with Crippen LogP contribution in [-0.2, 0) is 23.0 Å². The second kappa shape index (κ2) is 8.61. The lowest BCUT2D eigenvalue weighted by atomic mass is 10.00. The first-order valence-corrected chi connectivity index (χ1v) is 12.9. The second-order valence-electron chi connectivity index (χ2n) is 8.50. The third-order valence-corrected chi connectivity index (χ3v) is 7.34. The van der Waals surface area contributed by atoms with E-state index in [0.29, 0.717) is 44.8 Å². The molecule has 186 valence electrons. The molecule has 0 fully saturated rings. The van der Waals surface area contributed by atoms with Crippen LogP contribution < -0.4 is 10.5 Å². The number of hydrogen-bond acceptors (Lipinski definition) is 9. The number of aliphatic hydroxyl groups is 1. The molecule has 0 saturated carbocycles. The number of hydrogen-bond donors (Lipinski definition) is 1. The minimum atomic E-state index is -3.54. The number of aromatic nitrogens is 3. The predicted molar refractivity (Wildman–Crippen MR) is 132 cm³/mol. The summed E-state index contributed by atoms with van der Waals surface area (Å²) < 4.78 is 42.6. The van der Waals surface area contributed by atoms with Crippen LogP contribution in [0, 0.1) is 13.8 Å². The lowest BCUT2D eigenvalue weighted by molar-refractivity contribution is 0.277. The molecule has 0 spiro atoms. The molecule has 0 atom stereocenters. The Kier molecular flexibility index (Phi) is 5.68. The van der Waals surface area contributed by atoms with E-state index < -0.39 is 22.2 Å². The van der Waals surface area contributed by atoms with Gasteiger partial charge in [-0.2, -0.15) is 0 Å². The maximum absolute atomic E-state index is 13.0. The molecule has 0 bridgehead atoms. The van der Waals surface area contributed by atoms with Crippen molar-refractivity contribution in [1.82, 2.24) is 14.7 Å². The summed E-state index contributed by atoms with van der Waals surface area (Å²) in [6, 6.07) is 9.99. The zero-order valence-corrected chi connectivity index (χ0v) is 20.8. The largest absolute Gasteiger partial charge is 0.496 e. The number of benzene rings is 2. The van der Waals surface area contributed by atoms with Gasteiger partial charge in [0.05, 0.1) is 41.9 Å². The lowest BCUT2D eigenvalue weighted by Crippen LogP contribution is -2.17. The third-order valence-electron chi connectivity index (χ3n) is 6.14. The molecule has 11 heteroatoms. The topological polar surface area (TPSA) is 138 Å². The van der Waals surface area contributed by atoms with Gasteiger partial charge in [-0.1, -0.05) is 23.4 Å². The van der Waals surface area contributed by atoms with Gasteiger partial charge in [-0.05, 0) is 37.6 Å². The monoisotopic (exact) mass is 509 g/mol. The third kappa shape index (κ3) is 3.76. The predicted octanol–water partition coefficient (Wildman–Crippen LogP) is 3.37. The number of oxazole rings is 1. The fourth-order valence-electron chi connectivity index (χ4n) is 4.56. The van der Waals surface area contributed by atoms with Gasteiger partial charge in [-0.15, -0.1) is 0 Å². The van der Waals surface area contributed by atoms with E-state index >= 15 is 0 Å². The van der Waals surface area contributed by atoms with Gasteiger partial charge in [0.25, 0.3) is 0 Å². The molecular weight excluding hydrogens is 486 g/mol. The maximum Gasteiger partial charge on any atom is 0.420 e. The molecule has 3 aromatic heterocycles. The highest BCUT2D eigenvalue weighted by molar-refractivity contribution is 7.90. The number of pyridine rings is 1. The molecule has 0 unspecified atom stereocenters. The summed E-state index contributed by atoms with van der Waals surface area (Å²) in [6.07, 6.45) is 1.12. The van der Waals surface area contributed by atoms with E-state index in [-0.39, 0.29) is 22.7 Å². The summed E-state index contributed by atoms with van der Waals surface area (Å²) >= 11 is 0. The standard InChI is InChI=1S/C25H23N3O7S/c1-13-22(14(2)35-27-13)17-9-18-16(10-20(17)33-3)23-24(19(12-29)26-18)34-25(30)28(23)11-15-7-5-6-8-21(15)36(4,31)32/h5-10,29H,11-12H2,1-4H3. The minimum absolute atomic E-state index is 0.0625. The number of methoxy groups -OCH3 is 1. The highest BCUT2D eigenvalue weighted by Crippen LogP contribution is 2.39. The minimum Gasteiger partial charge on any atom is -0.496 e. The molecule has 5 rings (SSSR count). The van der Waals surface area contributed by atoms with Gasteiger partial charge in [0.1, 0.15) is 22.7 Å². The van der Waals surface area contributed by atoms with Crippen LogP contribution >= 0.6 is 0 Å². The Morgan fingerprint density at radius 1 is 1.17 bits per heavy atom. The van der Waals surface area contributed by atoms with E-state index in [2.05, 4.69) is 10.1 Å². The van der Waals surface area contributed by atoms with Crippen LogP contribution in [0.25, 0.3) is 33.1 Å². The maximum atomic E-state index is 13.0. The van der Waals surface area contributed by atoms with Crippen molar-refractivity contribution in [3.63, 3.8) is 0 Å². The van der Waals surface area contributed by atoms with Crippen molar-refractivity contribution in [3.8, 4) is 16.9 Å². The molecule has 5 aromatic rings. The van der Waals surface area contributed by atoms with Gasteiger partial charge in [0.2, 0.25) is 0 Å². The molecular formula is C25H23N3O7S. The van der Waals surface area contributed by atoms with Crippen LogP contribution in [0.2, 0.25) is 0 Å². The summed E-state index contributed by atoms with van der Waals surface area (Å²) in [5, 5.41) is 14.6. The fourth-order valence-corrected chi connectivity index (χ4v) is 5.50. The zero-order valence-electron chi connectivity index (χ0n) is 20.0. The van der Waals surface area contributed by atoms with Crippen molar-refractivity contribution in [3.05, 3.63) is 69.7 Å². The van der Waals surface area contributed by atoms with Crippen LogP contribution in [-0.4, -0.2) is 41.6 Å². The summed E-state index contributed by atoms with van der Waals surface area (Å²) in [4.78, 5) is 17.7. The summed E-state index contributed by atoms with van der Waals surface area (Å²) in [6.45, 7) is 3.08. The SMILES string of the molecule is COc1cc2c(cc1-c1c(C)noc1C)nc(CO)c1oc(=O)n(Cc3ccccc3S(C)(=O)=O)c12. The smallest absolute Gasteiger partial charge is 0.420 e. The van der Waals surface area contributed by atoms with E-state index in [1.165, 1.54) is 17.7 Å². The molecule has 36 heavy (non-hydrogen) atoms. The Labute approximate surface area is 205 Å².